The molecule has 0 atom stereocenters. The summed E-state index contributed by atoms with van der Waals surface area (Å²) < 4.78 is 5.21. The van der Waals surface area contributed by atoms with E-state index in [1.807, 2.05) is 24.3 Å². The molecule has 0 fully saturated rings. The second-order valence-corrected chi connectivity index (χ2v) is 2.95. The van der Waals surface area contributed by atoms with Crippen molar-refractivity contribution in [2.75, 3.05) is 5.75 Å². The van der Waals surface area contributed by atoms with Gasteiger partial charge in [-0.25, -0.2) is 0 Å². The number of hydrogen-bond donors (Lipinski definition) is 1. The first kappa shape index (κ1) is 8.28. The summed E-state index contributed by atoms with van der Waals surface area (Å²) in [6, 6.07) is 7.82. The SMILES string of the molecule is SCC#Cc1ccc2occc2c1. The van der Waals surface area contributed by atoms with Crippen molar-refractivity contribution in [2.45, 2.75) is 0 Å². The van der Waals surface area contributed by atoms with Crippen LogP contribution in [0.15, 0.2) is 34.9 Å². The molecule has 1 heterocycles. The van der Waals surface area contributed by atoms with E-state index in [-0.39, 0.29) is 0 Å². The average molecular weight is 188 g/mol. The first-order chi connectivity index (χ1) is 6.40. The summed E-state index contributed by atoms with van der Waals surface area (Å²) in [6.07, 6.45) is 1.68. The lowest BCUT2D eigenvalue weighted by molar-refractivity contribution is 0.616. The fraction of sp³-hybridized carbons (Fsp3) is 0.0909. The second-order valence-electron chi connectivity index (χ2n) is 2.63. The minimum absolute atomic E-state index is 0.587. The minimum Gasteiger partial charge on any atom is -0.464 e. The molecule has 1 aromatic heterocycles. The van der Waals surface area contributed by atoms with Gasteiger partial charge in [-0.15, -0.1) is 0 Å². The van der Waals surface area contributed by atoms with Crippen LogP contribution >= 0.6 is 12.6 Å². The Balaban J connectivity index is 2.48. The van der Waals surface area contributed by atoms with E-state index in [4.69, 9.17) is 4.42 Å². The first-order valence-electron chi connectivity index (χ1n) is 3.97. The molecular formula is C11H8OS. The molecule has 0 aliphatic rings. The van der Waals surface area contributed by atoms with E-state index in [0.717, 1.165) is 16.5 Å². The van der Waals surface area contributed by atoms with Crippen LogP contribution in [0.3, 0.4) is 0 Å². The molecule has 0 aliphatic carbocycles. The number of fused-ring (bicyclic) bond motifs is 1. The third-order valence-corrected chi connectivity index (χ3v) is 1.92. The van der Waals surface area contributed by atoms with Crippen LogP contribution < -0.4 is 0 Å². The molecule has 2 heteroatoms. The van der Waals surface area contributed by atoms with Crippen LogP contribution in [-0.2, 0) is 0 Å². The van der Waals surface area contributed by atoms with Crippen molar-refractivity contribution in [3.63, 3.8) is 0 Å². The number of thiol groups is 1. The number of furan rings is 1. The summed E-state index contributed by atoms with van der Waals surface area (Å²) in [5.41, 5.74) is 1.90. The number of hydrogen-bond acceptors (Lipinski definition) is 2. The van der Waals surface area contributed by atoms with Crippen molar-refractivity contribution in [2.24, 2.45) is 0 Å². The molecule has 0 saturated carbocycles. The predicted octanol–water partition coefficient (Wildman–Crippen LogP) is 2.71. The molecule has 13 heavy (non-hydrogen) atoms. The number of rotatable bonds is 0. The Morgan fingerprint density at radius 1 is 1.31 bits per heavy atom. The van der Waals surface area contributed by atoms with Gasteiger partial charge in [0.2, 0.25) is 0 Å². The summed E-state index contributed by atoms with van der Waals surface area (Å²) in [4.78, 5) is 0. The molecule has 0 amide bonds. The molecule has 0 N–H and O–H groups in total. The van der Waals surface area contributed by atoms with Crippen LogP contribution in [0.4, 0.5) is 0 Å². The van der Waals surface area contributed by atoms with E-state index in [9.17, 15) is 0 Å². The van der Waals surface area contributed by atoms with Crippen LogP contribution in [0.25, 0.3) is 11.0 Å². The molecule has 64 valence electrons. The normalized spacial score (nSPS) is 9.62. The predicted molar refractivity (Wildman–Crippen MR) is 56.9 cm³/mol. The maximum atomic E-state index is 5.21. The summed E-state index contributed by atoms with van der Waals surface area (Å²) in [7, 11) is 0. The van der Waals surface area contributed by atoms with Gasteiger partial charge >= 0.3 is 0 Å². The Morgan fingerprint density at radius 3 is 3.08 bits per heavy atom. The minimum atomic E-state index is 0.587. The van der Waals surface area contributed by atoms with Crippen LogP contribution in [0.5, 0.6) is 0 Å². The van der Waals surface area contributed by atoms with E-state index in [1.165, 1.54) is 0 Å². The Bertz CT molecular complexity index is 473. The van der Waals surface area contributed by atoms with Crippen molar-refractivity contribution >= 4 is 23.6 Å². The molecule has 0 aliphatic heterocycles. The fourth-order valence-corrected chi connectivity index (χ4v) is 1.27. The molecular weight excluding hydrogens is 180 g/mol. The quantitative estimate of drug-likeness (QED) is 0.495. The van der Waals surface area contributed by atoms with Gasteiger partial charge in [-0.05, 0) is 24.3 Å². The van der Waals surface area contributed by atoms with Crippen molar-refractivity contribution in [3.05, 3.63) is 36.1 Å². The van der Waals surface area contributed by atoms with Crippen LogP contribution in [0.2, 0.25) is 0 Å². The second kappa shape index (κ2) is 3.59. The van der Waals surface area contributed by atoms with Gasteiger partial charge in [-0.1, -0.05) is 11.8 Å². The number of benzene rings is 1. The van der Waals surface area contributed by atoms with Gasteiger partial charge in [-0.2, -0.15) is 12.6 Å². The van der Waals surface area contributed by atoms with Gasteiger partial charge in [-0.3, -0.25) is 0 Å². The molecule has 1 aromatic carbocycles. The third kappa shape index (κ3) is 1.71. The topological polar surface area (TPSA) is 13.1 Å². The Hall–Kier alpha value is -1.33. The fourth-order valence-electron chi connectivity index (χ4n) is 1.19. The van der Waals surface area contributed by atoms with E-state index < -0.39 is 0 Å². The summed E-state index contributed by atoms with van der Waals surface area (Å²) in [5.74, 6) is 6.50. The Kier molecular flexibility index (Phi) is 2.29. The van der Waals surface area contributed by atoms with Gasteiger partial charge in [0.1, 0.15) is 5.58 Å². The van der Waals surface area contributed by atoms with Crippen molar-refractivity contribution in [3.8, 4) is 11.8 Å². The highest BCUT2D eigenvalue weighted by Gasteiger charge is 1.95. The van der Waals surface area contributed by atoms with E-state index in [2.05, 4.69) is 24.5 Å². The molecule has 0 saturated heterocycles. The zero-order valence-corrected chi connectivity index (χ0v) is 7.84. The van der Waals surface area contributed by atoms with E-state index >= 15 is 0 Å². The first-order valence-corrected chi connectivity index (χ1v) is 4.60. The molecule has 2 rings (SSSR count). The van der Waals surface area contributed by atoms with Gasteiger partial charge in [0.15, 0.2) is 0 Å². The summed E-state index contributed by atoms with van der Waals surface area (Å²) >= 11 is 4.02. The zero-order valence-electron chi connectivity index (χ0n) is 6.95. The maximum absolute atomic E-state index is 5.21. The standard InChI is InChI=1S/C11H8OS/c13-7-1-2-9-3-4-11-10(8-9)5-6-12-11/h3-6,8,13H,7H2. The maximum Gasteiger partial charge on any atom is 0.133 e. The highest BCUT2D eigenvalue weighted by Crippen LogP contribution is 2.16. The lowest BCUT2D eigenvalue weighted by atomic mass is 10.2. The van der Waals surface area contributed by atoms with Crippen LogP contribution in [0, 0.1) is 11.8 Å². The van der Waals surface area contributed by atoms with Crippen molar-refractivity contribution in [1.29, 1.82) is 0 Å². The molecule has 1 nitrogen and oxygen atoms in total. The van der Waals surface area contributed by atoms with Crippen LogP contribution in [0.1, 0.15) is 5.56 Å². The molecule has 0 spiro atoms. The third-order valence-electron chi connectivity index (χ3n) is 1.76. The highest BCUT2D eigenvalue weighted by atomic mass is 32.1. The molecule has 0 unspecified atom stereocenters. The highest BCUT2D eigenvalue weighted by molar-refractivity contribution is 7.80. The lowest BCUT2D eigenvalue weighted by Crippen LogP contribution is -1.73. The van der Waals surface area contributed by atoms with Crippen molar-refractivity contribution < 1.29 is 4.42 Å². The van der Waals surface area contributed by atoms with Crippen LogP contribution in [-0.4, -0.2) is 5.75 Å². The van der Waals surface area contributed by atoms with Gasteiger partial charge in [0.25, 0.3) is 0 Å². The van der Waals surface area contributed by atoms with Gasteiger partial charge < -0.3 is 4.42 Å². The zero-order chi connectivity index (χ0) is 9.10. The molecule has 0 radical (unpaired) electrons. The smallest absolute Gasteiger partial charge is 0.133 e. The Morgan fingerprint density at radius 2 is 2.23 bits per heavy atom. The lowest BCUT2D eigenvalue weighted by Gasteiger charge is -1.89. The van der Waals surface area contributed by atoms with Gasteiger partial charge in [0.05, 0.1) is 12.0 Å². The van der Waals surface area contributed by atoms with Gasteiger partial charge in [0, 0.05) is 10.9 Å². The molecule has 0 bridgehead atoms. The van der Waals surface area contributed by atoms with E-state index in [0.29, 0.717) is 5.75 Å². The Labute approximate surface area is 82.2 Å². The summed E-state index contributed by atoms with van der Waals surface area (Å²) in [5, 5.41) is 1.09. The largest absolute Gasteiger partial charge is 0.464 e. The summed E-state index contributed by atoms with van der Waals surface area (Å²) in [6.45, 7) is 0. The van der Waals surface area contributed by atoms with E-state index in [1.54, 1.807) is 6.26 Å². The monoisotopic (exact) mass is 188 g/mol. The van der Waals surface area contributed by atoms with Crippen molar-refractivity contribution in [1.82, 2.24) is 0 Å². The average Bonchev–Trinajstić information content (AvgIpc) is 2.61. The molecule has 2 aromatic rings.